The summed E-state index contributed by atoms with van der Waals surface area (Å²) in [5, 5.41) is 11.1. The second-order valence-electron chi connectivity index (χ2n) is 5.68. The van der Waals surface area contributed by atoms with Gasteiger partial charge in [-0.3, -0.25) is 14.9 Å². The minimum Gasteiger partial charge on any atom is -0.497 e. The van der Waals surface area contributed by atoms with Crippen LogP contribution >= 0.6 is 11.3 Å². The van der Waals surface area contributed by atoms with Crippen LogP contribution in [0.3, 0.4) is 0 Å². The van der Waals surface area contributed by atoms with Gasteiger partial charge in [-0.25, -0.2) is 0 Å². The molecule has 0 atom stereocenters. The number of non-ortho nitro benzene ring substituents is 1. The number of carbonyl (C=O) groups is 1. The number of nitro groups is 1. The normalized spacial score (nSPS) is 11.4. The second-order valence-corrected chi connectivity index (χ2v) is 6.69. The molecule has 0 saturated carbocycles. The Balaban J connectivity index is 2.18. The molecular weight excluding hydrogens is 382 g/mol. The Morgan fingerprint density at radius 1 is 1.29 bits per heavy atom. The van der Waals surface area contributed by atoms with Gasteiger partial charge in [-0.1, -0.05) is 17.4 Å². The van der Waals surface area contributed by atoms with Crippen molar-refractivity contribution in [1.29, 1.82) is 0 Å². The van der Waals surface area contributed by atoms with Crippen molar-refractivity contribution in [2.24, 2.45) is 4.99 Å². The number of nitro benzene ring substituents is 1. The third-order valence-corrected chi connectivity index (χ3v) is 5.08. The van der Waals surface area contributed by atoms with E-state index in [4.69, 9.17) is 9.47 Å². The first-order valence-electron chi connectivity index (χ1n) is 8.18. The Hall–Kier alpha value is -3.46. The average Bonchev–Trinajstić information content (AvgIpc) is 3.04. The lowest BCUT2D eigenvalue weighted by Crippen LogP contribution is -2.16. The number of rotatable bonds is 6. The molecule has 0 aliphatic heterocycles. The second kappa shape index (κ2) is 8.05. The molecule has 28 heavy (non-hydrogen) atoms. The van der Waals surface area contributed by atoms with Crippen LogP contribution in [0.5, 0.6) is 11.5 Å². The molecule has 0 saturated heterocycles. The SMILES string of the molecule is C=CCn1c(=NC(=O)c2cc(OC)ccc2OC)sc2ccc([N+](=O)[O-])cc21. The standard InChI is InChI=1S/C19H17N3O5S/c1-4-9-21-15-10-12(22(24)25)5-8-17(15)28-19(21)20-18(23)14-11-13(26-2)6-7-16(14)27-3/h4-8,10-11H,1,9H2,2-3H3. The fourth-order valence-corrected chi connectivity index (χ4v) is 3.71. The summed E-state index contributed by atoms with van der Waals surface area (Å²) in [5.41, 5.74) is 0.842. The summed E-state index contributed by atoms with van der Waals surface area (Å²) >= 11 is 1.26. The van der Waals surface area contributed by atoms with Gasteiger partial charge in [0.05, 0.1) is 34.9 Å². The van der Waals surface area contributed by atoms with E-state index < -0.39 is 10.8 Å². The zero-order valence-corrected chi connectivity index (χ0v) is 16.1. The van der Waals surface area contributed by atoms with E-state index in [9.17, 15) is 14.9 Å². The van der Waals surface area contributed by atoms with E-state index in [1.54, 1.807) is 34.9 Å². The van der Waals surface area contributed by atoms with Crippen molar-refractivity contribution in [3.63, 3.8) is 0 Å². The van der Waals surface area contributed by atoms with Crippen LogP contribution in [0, 0.1) is 10.1 Å². The van der Waals surface area contributed by atoms with Crippen LogP contribution in [0.2, 0.25) is 0 Å². The largest absolute Gasteiger partial charge is 0.497 e. The number of benzene rings is 2. The number of amides is 1. The van der Waals surface area contributed by atoms with E-state index in [0.717, 1.165) is 4.70 Å². The lowest BCUT2D eigenvalue weighted by molar-refractivity contribution is -0.384. The molecule has 0 radical (unpaired) electrons. The Morgan fingerprint density at radius 2 is 2.07 bits per heavy atom. The number of aromatic nitrogens is 1. The summed E-state index contributed by atoms with van der Waals surface area (Å²) in [4.78, 5) is 28.1. The Bertz CT molecular complexity index is 1150. The van der Waals surface area contributed by atoms with Crippen molar-refractivity contribution in [1.82, 2.24) is 4.57 Å². The number of hydrogen-bond donors (Lipinski definition) is 0. The van der Waals surface area contributed by atoms with Gasteiger partial charge in [-0.05, 0) is 24.3 Å². The molecule has 9 heteroatoms. The van der Waals surface area contributed by atoms with Gasteiger partial charge in [0.1, 0.15) is 11.5 Å². The lowest BCUT2D eigenvalue weighted by Gasteiger charge is -2.07. The van der Waals surface area contributed by atoms with Crippen molar-refractivity contribution in [2.75, 3.05) is 14.2 Å². The number of methoxy groups -OCH3 is 2. The van der Waals surface area contributed by atoms with Crippen molar-refractivity contribution >= 4 is 33.1 Å². The highest BCUT2D eigenvalue weighted by molar-refractivity contribution is 7.16. The molecule has 1 heterocycles. The zero-order valence-electron chi connectivity index (χ0n) is 15.2. The van der Waals surface area contributed by atoms with Crippen LogP contribution in [0.25, 0.3) is 10.2 Å². The molecule has 0 bridgehead atoms. The van der Waals surface area contributed by atoms with Crippen LogP contribution < -0.4 is 14.3 Å². The molecule has 0 fully saturated rings. The summed E-state index contributed by atoms with van der Waals surface area (Å²) in [6.07, 6.45) is 1.64. The van der Waals surface area contributed by atoms with E-state index >= 15 is 0 Å². The lowest BCUT2D eigenvalue weighted by atomic mass is 10.2. The van der Waals surface area contributed by atoms with E-state index in [1.165, 1.54) is 37.7 Å². The third kappa shape index (κ3) is 3.65. The van der Waals surface area contributed by atoms with E-state index in [1.807, 2.05) is 0 Å². The molecule has 0 aliphatic rings. The zero-order chi connectivity index (χ0) is 20.3. The molecule has 0 N–H and O–H groups in total. The Morgan fingerprint density at radius 3 is 2.71 bits per heavy atom. The van der Waals surface area contributed by atoms with Crippen LogP contribution in [0.1, 0.15) is 10.4 Å². The van der Waals surface area contributed by atoms with E-state index in [2.05, 4.69) is 11.6 Å². The summed E-state index contributed by atoms with van der Waals surface area (Å²) in [6, 6.07) is 9.41. The number of ether oxygens (including phenoxy) is 2. The molecule has 2 aromatic carbocycles. The topological polar surface area (TPSA) is 96.0 Å². The summed E-state index contributed by atoms with van der Waals surface area (Å²) < 4.78 is 12.9. The van der Waals surface area contributed by atoms with E-state index in [0.29, 0.717) is 28.4 Å². The molecule has 3 aromatic rings. The first kappa shape index (κ1) is 19.3. The first-order valence-corrected chi connectivity index (χ1v) is 9.00. The monoisotopic (exact) mass is 399 g/mol. The number of carbonyl (C=O) groups excluding carboxylic acids is 1. The van der Waals surface area contributed by atoms with Crippen molar-refractivity contribution in [3.05, 3.63) is 69.5 Å². The van der Waals surface area contributed by atoms with E-state index in [-0.39, 0.29) is 11.3 Å². The van der Waals surface area contributed by atoms with Gasteiger partial charge in [0.2, 0.25) is 0 Å². The van der Waals surface area contributed by atoms with Crippen molar-refractivity contribution in [3.8, 4) is 11.5 Å². The number of allylic oxidation sites excluding steroid dienone is 1. The van der Waals surface area contributed by atoms with Crippen LogP contribution in [-0.2, 0) is 6.54 Å². The predicted molar refractivity (Wildman–Crippen MR) is 106 cm³/mol. The molecule has 1 aromatic heterocycles. The van der Waals surface area contributed by atoms with Gasteiger partial charge in [-0.2, -0.15) is 4.99 Å². The first-order chi connectivity index (χ1) is 13.5. The fraction of sp³-hybridized carbons (Fsp3) is 0.158. The smallest absolute Gasteiger partial charge is 0.283 e. The maximum Gasteiger partial charge on any atom is 0.283 e. The van der Waals surface area contributed by atoms with Gasteiger partial charge < -0.3 is 14.0 Å². The maximum absolute atomic E-state index is 12.8. The summed E-state index contributed by atoms with van der Waals surface area (Å²) in [6.45, 7) is 4.06. The summed E-state index contributed by atoms with van der Waals surface area (Å²) in [7, 11) is 2.97. The summed E-state index contributed by atoms with van der Waals surface area (Å²) in [5.74, 6) is 0.376. The van der Waals surface area contributed by atoms with Crippen molar-refractivity contribution < 1.29 is 19.2 Å². The van der Waals surface area contributed by atoms with Crippen molar-refractivity contribution in [2.45, 2.75) is 6.54 Å². The Labute approximate surface area is 164 Å². The number of nitrogens with zero attached hydrogens (tertiary/aromatic N) is 3. The predicted octanol–water partition coefficient (Wildman–Crippen LogP) is 3.56. The van der Waals surface area contributed by atoms with Gasteiger partial charge in [0, 0.05) is 18.7 Å². The number of thiazole rings is 1. The third-order valence-electron chi connectivity index (χ3n) is 4.02. The highest BCUT2D eigenvalue weighted by atomic mass is 32.1. The van der Waals surface area contributed by atoms with Gasteiger partial charge in [0.15, 0.2) is 4.80 Å². The van der Waals surface area contributed by atoms with Crippen LogP contribution in [0.15, 0.2) is 54.0 Å². The Kier molecular flexibility index (Phi) is 5.55. The minimum absolute atomic E-state index is 0.0320. The quantitative estimate of drug-likeness (QED) is 0.359. The molecule has 0 unspecified atom stereocenters. The molecule has 0 spiro atoms. The molecule has 0 aliphatic carbocycles. The van der Waals surface area contributed by atoms with Crippen LogP contribution in [-0.4, -0.2) is 29.6 Å². The molecule has 1 amide bonds. The molecular formula is C19H17N3O5S. The fourth-order valence-electron chi connectivity index (χ4n) is 2.69. The van der Waals surface area contributed by atoms with Gasteiger partial charge in [-0.15, -0.1) is 6.58 Å². The number of hydrogen-bond acceptors (Lipinski definition) is 6. The van der Waals surface area contributed by atoms with Crippen LogP contribution in [0.4, 0.5) is 5.69 Å². The minimum atomic E-state index is -0.505. The highest BCUT2D eigenvalue weighted by Crippen LogP contribution is 2.26. The maximum atomic E-state index is 12.8. The average molecular weight is 399 g/mol. The van der Waals surface area contributed by atoms with Gasteiger partial charge in [0.25, 0.3) is 11.6 Å². The highest BCUT2D eigenvalue weighted by Gasteiger charge is 2.16. The molecule has 144 valence electrons. The van der Waals surface area contributed by atoms with Gasteiger partial charge >= 0.3 is 0 Å². The number of fused-ring (bicyclic) bond motifs is 1. The molecule has 3 rings (SSSR count). The molecule has 8 nitrogen and oxygen atoms in total.